The first-order chi connectivity index (χ1) is 7.70. The van der Waals surface area contributed by atoms with Gasteiger partial charge in [-0.15, -0.1) is 0 Å². The molecule has 0 radical (unpaired) electrons. The number of unbranched alkanes of at least 4 members (excludes halogenated alkanes) is 2. The number of aromatic nitrogens is 3. The number of H-pyrrole nitrogens is 1. The fourth-order valence-corrected chi connectivity index (χ4v) is 2.34. The summed E-state index contributed by atoms with van der Waals surface area (Å²) in [4.78, 5) is 0. The summed E-state index contributed by atoms with van der Waals surface area (Å²) in [5, 5.41) is 7.21. The molecule has 4 heteroatoms. The van der Waals surface area contributed by atoms with Gasteiger partial charge < -0.3 is 4.57 Å². The Bertz CT molecular complexity index is 353. The van der Waals surface area contributed by atoms with Crippen LogP contribution in [0.1, 0.15) is 64.7 Å². The molecule has 0 saturated carbocycles. The van der Waals surface area contributed by atoms with Gasteiger partial charge in [0.25, 0.3) is 0 Å². The van der Waals surface area contributed by atoms with E-state index >= 15 is 0 Å². The van der Waals surface area contributed by atoms with Crippen LogP contribution in [0.5, 0.6) is 0 Å². The van der Waals surface area contributed by atoms with Crippen LogP contribution in [-0.4, -0.2) is 14.8 Å². The molecule has 0 spiro atoms. The van der Waals surface area contributed by atoms with Crippen molar-refractivity contribution in [3.63, 3.8) is 0 Å². The third-order valence-corrected chi connectivity index (χ3v) is 3.21. The molecule has 0 saturated heterocycles. The maximum atomic E-state index is 5.29. The highest BCUT2D eigenvalue weighted by Gasteiger charge is 2.11. The Morgan fingerprint density at radius 3 is 2.69 bits per heavy atom. The van der Waals surface area contributed by atoms with Gasteiger partial charge in [-0.05, 0) is 32.0 Å². The van der Waals surface area contributed by atoms with Crippen molar-refractivity contribution in [2.24, 2.45) is 0 Å². The number of hydrogen-bond donors (Lipinski definition) is 1. The summed E-state index contributed by atoms with van der Waals surface area (Å²) in [5.41, 5.74) is 0. The van der Waals surface area contributed by atoms with E-state index < -0.39 is 0 Å². The Hall–Kier alpha value is -0.640. The van der Waals surface area contributed by atoms with E-state index in [4.69, 9.17) is 12.2 Å². The predicted octanol–water partition coefficient (Wildman–Crippen LogP) is 4.03. The number of nitrogens with one attached hydrogen (secondary N) is 1. The fraction of sp³-hybridized carbons (Fsp3) is 0.833. The smallest absolute Gasteiger partial charge is 0.195 e. The van der Waals surface area contributed by atoms with Gasteiger partial charge in [0.15, 0.2) is 4.77 Å². The molecule has 1 heterocycles. The van der Waals surface area contributed by atoms with Gasteiger partial charge in [-0.2, -0.15) is 5.10 Å². The van der Waals surface area contributed by atoms with Crippen molar-refractivity contribution in [3.05, 3.63) is 10.6 Å². The SMILES string of the molecule is CCCCCC(C)n1c(CCC)n[nH]c1=S. The van der Waals surface area contributed by atoms with E-state index in [1.165, 1.54) is 25.7 Å². The van der Waals surface area contributed by atoms with Crippen molar-refractivity contribution in [1.82, 2.24) is 14.8 Å². The zero-order valence-electron chi connectivity index (χ0n) is 10.6. The van der Waals surface area contributed by atoms with Crippen LogP contribution in [0.3, 0.4) is 0 Å². The summed E-state index contributed by atoms with van der Waals surface area (Å²) >= 11 is 5.29. The Morgan fingerprint density at radius 1 is 1.31 bits per heavy atom. The maximum Gasteiger partial charge on any atom is 0.195 e. The third kappa shape index (κ3) is 3.44. The number of rotatable bonds is 7. The van der Waals surface area contributed by atoms with Gasteiger partial charge in [0.2, 0.25) is 0 Å². The lowest BCUT2D eigenvalue weighted by Gasteiger charge is -2.15. The standard InChI is InChI=1S/C12H23N3S/c1-4-6-7-9-10(3)15-11(8-5-2)13-14-12(15)16/h10H,4-9H2,1-3H3,(H,14,16). The Kier molecular flexibility index (Phi) is 5.74. The molecule has 0 bridgehead atoms. The Morgan fingerprint density at radius 2 is 2.06 bits per heavy atom. The Balaban J connectivity index is 2.69. The number of aromatic amines is 1. The quantitative estimate of drug-likeness (QED) is 0.577. The van der Waals surface area contributed by atoms with Crippen molar-refractivity contribution in [3.8, 4) is 0 Å². The van der Waals surface area contributed by atoms with Crippen molar-refractivity contribution in [1.29, 1.82) is 0 Å². The van der Waals surface area contributed by atoms with Gasteiger partial charge in [-0.3, -0.25) is 5.10 Å². The molecule has 1 N–H and O–H groups in total. The topological polar surface area (TPSA) is 33.6 Å². The summed E-state index contributed by atoms with van der Waals surface area (Å²) in [5.74, 6) is 1.11. The number of nitrogens with zero attached hydrogens (tertiary/aromatic N) is 2. The van der Waals surface area contributed by atoms with E-state index in [1.54, 1.807) is 0 Å². The van der Waals surface area contributed by atoms with Gasteiger partial charge in [-0.1, -0.05) is 33.1 Å². The van der Waals surface area contributed by atoms with Crippen LogP contribution in [0.15, 0.2) is 0 Å². The number of aryl methyl sites for hydroxylation is 1. The van der Waals surface area contributed by atoms with E-state index in [0.29, 0.717) is 6.04 Å². The molecule has 0 aliphatic rings. The molecule has 0 amide bonds. The molecule has 0 aliphatic carbocycles. The second-order valence-electron chi connectivity index (χ2n) is 4.41. The van der Waals surface area contributed by atoms with Crippen molar-refractivity contribution in [2.75, 3.05) is 0 Å². The monoisotopic (exact) mass is 241 g/mol. The first-order valence-electron chi connectivity index (χ1n) is 6.36. The van der Waals surface area contributed by atoms with E-state index in [2.05, 4.69) is 35.5 Å². The highest BCUT2D eigenvalue weighted by atomic mass is 32.1. The van der Waals surface area contributed by atoms with Crippen LogP contribution in [0, 0.1) is 4.77 Å². The second-order valence-corrected chi connectivity index (χ2v) is 4.80. The zero-order valence-corrected chi connectivity index (χ0v) is 11.4. The normalized spacial score (nSPS) is 12.9. The largest absolute Gasteiger partial charge is 0.301 e. The minimum Gasteiger partial charge on any atom is -0.301 e. The molecule has 16 heavy (non-hydrogen) atoms. The van der Waals surface area contributed by atoms with Crippen LogP contribution in [0.25, 0.3) is 0 Å². The van der Waals surface area contributed by atoms with Crippen molar-refractivity contribution in [2.45, 2.75) is 65.3 Å². The van der Waals surface area contributed by atoms with E-state index in [-0.39, 0.29) is 0 Å². The van der Waals surface area contributed by atoms with Crippen LogP contribution < -0.4 is 0 Å². The molecule has 0 aliphatic heterocycles. The molecule has 1 aromatic heterocycles. The summed E-state index contributed by atoms with van der Waals surface area (Å²) in [6.45, 7) is 6.64. The van der Waals surface area contributed by atoms with Crippen LogP contribution in [0.4, 0.5) is 0 Å². The molecule has 0 fully saturated rings. The summed E-state index contributed by atoms with van der Waals surface area (Å²) < 4.78 is 2.96. The molecule has 0 aromatic carbocycles. The van der Waals surface area contributed by atoms with Crippen molar-refractivity contribution < 1.29 is 0 Å². The maximum absolute atomic E-state index is 5.29. The molecular formula is C12H23N3S. The van der Waals surface area contributed by atoms with Crippen LogP contribution in [0.2, 0.25) is 0 Å². The van der Waals surface area contributed by atoms with Gasteiger partial charge in [-0.25, -0.2) is 0 Å². The van der Waals surface area contributed by atoms with E-state index in [9.17, 15) is 0 Å². The van der Waals surface area contributed by atoms with E-state index in [1.807, 2.05) is 0 Å². The zero-order chi connectivity index (χ0) is 12.0. The summed E-state index contributed by atoms with van der Waals surface area (Å²) in [6, 6.07) is 0.472. The first-order valence-corrected chi connectivity index (χ1v) is 6.77. The van der Waals surface area contributed by atoms with Crippen LogP contribution >= 0.6 is 12.2 Å². The van der Waals surface area contributed by atoms with Crippen molar-refractivity contribution >= 4 is 12.2 Å². The lowest BCUT2D eigenvalue weighted by Crippen LogP contribution is -2.09. The van der Waals surface area contributed by atoms with Gasteiger partial charge >= 0.3 is 0 Å². The van der Waals surface area contributed by atoms with Crippen LogP contribution in [-0.2, 0) is 6.42 Å². The molecule has 92 valence electrons. The van der Waals surface area contributed by atoms with Gasteiger partial charge in [0, 0.05) is 12.5 Å². The lowest BCUT2D eigenvalue weighted by atomic mass is 10.1. The minimum absolute atomic E-state index is 0.472. The lowest BCUT2D eigenvalue weighted by molar-refractivity contribution is 0.457. The van der Waals surface area contributed by atoms with Gasteiger partial charge in [0.1, 0.15) is 5.82 Å². The molecule has 1 unspecified atom stereocenters. The summed E-state index contributed by atoms with van der Waals surface area (Å²) in [7, 11) is 0. The molecule has 1 rings (SSSR count). The summed E-state index contributed by atoms with van der Waals surface area (Å²) in [6.07, 6.45) is 7.16. The predicted molar refractivity (Wildman–Crippen MR) is 70.3 cm³/mol. The molecular weight excluding hydrogens is 218 g/mol. The van der Waals surface area contributed by atoms with E-state index in [0.717, 1.165) is 23.4 Å². The average molecular weight is 241 g/mol. The highest BCUT2D eigenvalue weighted by Crippen LogP contribution is 2.18. The first kappa shape index (κ1) is 13.4. The van der Waals surface area contributed by atoms with Gasteiger partial charge in [0.05, 0.1) is 0 Å². The Labute approximate surface area is 103 Å². The average Bonchev–Trinajstić information content (AvgIpc) is 2.61. The molecule has 1 atom stereocenters. The molecule has 1 aromatic rings. The second kappa shape index (κ2) is 6.84. The molecule has 3 nitrogen and oxygen atoms in total. The fourth-order valence-electron chi connectivity index (χ4n) is 2.01. The highest BCUT2D eigenvalue weighted by molar-refractivity contribution is 7.71. The third-order valence-electron chi connectivity index (χ3n) is 2.92. The minimum atomic E-state index is 0.472. The number of hydrogen-bond acceptors (Lipinski definition) is 2.